The minimum atomic E-state index is -0.748. The SMILES string of the molecule is CC(C)[C@H](N)C(=O)N[C@@H](C)C(=O)CC=CCN(C(=O)CO)[C@@H](c1cc(-c2cc(F)ccc2F)cn1Cc1ccccc1)C(C)(C)C. The lowest BCUT2D eigenvalue weighted by Gasteiger charge is -2.40. The number of hydrogen-bond acceptors (Lipinski definition) is 5. The molecule has 1 aromatic heterocycles. The van der Waals surface area contributed by atoms with Crippen molar-refractivity contribution in [2.75, 3.05) is 13.2 Å². The van der Waals surface area contributed by atoms with Gasteiger partial charge in [-0.3, -0.25) is 14.4 Å². The molecular formula is C36H46F2N4O4. The first-order valence-electron chi connectivity index (χ1n) is 15.5. The second kappa shape index (κ2) is 15.9. The van der Waals surface area contributed by atoms with Crippen molar-refractivity contribution in [2.24, 2.45) is 17.1 Å². The number of nitrogens with two attached hydrogens (primary N) is 1. The second-order valence-corrected chi connectivity index (χ2v) is 13.0. The molecule has 248 valence electrons. The number of aromatic nitrogens is 1. The molecule has 0 fully saturated rings. The van der Waals surface area contributed by atoms with Gasteiger partial charge in [0, 0.05) is 42.5 Å². The van der Waals surface area contributed by atoms with Crippen molar-refractivity contribution in [1.29, 1.82) is 0 Å². The van der Waals surface area contributed by atoms with Gasteiger partial charge in [-0.15, -0.1) is 0 Å². The zero-order valence-corrected chi connectivity index (χ0v) is 27.5. The number of nitrogens with one attached hydrogen (secondary N) is 1. The number of benzene rings is 2. The van der Waals surface area contributed by atoms with E-state index in [-0.39, 0.29) is 30.2 Å². The summed E-state index contributed by atoms with van der Waals surface area (Å²) in [6.07, 6.45) is 5.06. The number of rotatable bonds is 14. The molecule has 0 bridgehead atoms. The molecule has 10 heteroatoms. The second-order valence-electron chi connectivity index (χ2n) is 13.0. The van der Waals surface area contributed by atoms with E-state index >= 15 is 0 Å². The van der Waals surface area contributed by atoms with E-state index in [9.17, 15) is 28.3 Å². The van der Waals surface area contributed by atoms with Crippen molar-refractivity contribution in [3.63, 3.8) is 0 Å². The maximum Gasteiger partial charge on any atom is 0.249 e. The van der Waals surface area contributed by atoms with E-state index in [1.54, 1.807) is 31.3 Å². The molecule has 1 heterocycles. The quantitative estimate of drug-likeness (QED) is 0.205. The number of aliphatic hydroxyl groups excluding tert-OH is 1. The van der Waals surface area contributed by atoms with Gasteiger partial charge < -0.3 is 25.6 Å². The van der Waals surface area contributed by atoms with Gasteiger partial charge >= 0.3 is 0 Å². The molecule has 0 spiro atoms. The van der Waals surface area contributed by atoms with E-state index in [0.29, 0.717) is 17.8 Å². The summed E-state index contributed by atoms with van der Waals surface area (Å²) in [5, 5.41) is 12.6. The molecule has 0 radical (unpaired) electrons. The summed E-state index contributed by atoms with van der Waals surface area (Å²) in [5.41, 5.74) is 7.48. The Morgan fingerprint density at radius 1 is 1.02 bits per heavy atom. The van der Waals surface area contributed by atoms with E-state index in [2.05, 4.69) is 5.32 Å². The highest BCUT2D eigenvalue weighted by molar-refractivity contribution is 5.91. The number of aliphatic hydroxyl groups is 1. The predicted octanol–water partition coefficient (Wildman–Crippen LogP) is 5.39. The molecule has 46 heavy (non-hydrogen) atoms. The minimum absolute atomic E-state index is 0.00703. The van der Waals surface area contributed by atoms with Gasteiger partial charge in [0.05, 0.1) is 18.1 Å². The Bertz CT molecular complexity index is 1530. The third-order valence-electron chi connectivity index (χ3n) is 7.88. The third kappa shape index (κ3) is 9.43. The highest BCUT2D eigenvalue weighted by atomic mass is 19.1. The largest absolute Gasteiger partial charge is 0.387 e. The number of amides is 2. The number of Topliss-reactive ketones (excluding diaryl/α,β-unsaturated/α-hetero) is 1. The van der Waals surface area contributed by atoms with Gasteiger partial charge in [-0.05, 0) is 48.1 Å². The molecule has 4 N–H and O–H groups in total. The number of carbonyl (C=O) groups excluding carboxylic acids is 3. The van der Waals surface area contributed by atoms with Gasteiger partial charge in [0.2, 0.25) is 11.8 Å². The summed E-state index contributed by atoms with van der Waals surface area (Å²) in [5.74, 6) is -2.40. The van der Waals surface area contributed by atoms with E-state index in [0.717, 1.165) is 23.8 Å². The first-order valence-corrected chi connectivity index (χ1v) is 15.5. The average Bonchev–Trinajstić information content (AvgIpc) is 3.40. The zero-order chi connectivity index (χ0) is 34.2. The molecule has 0 aliphatic rings. The van der Waals surface area contributed by atoms with Gasteiger partial charge in [0.15, 0.2) is 5.78 Å². The maximum atomic E-state index is 14.9. The number of ketones is 1. The Hall–Kier alpha value is -4.15. The van der Waals surface area contributed by atoms with Crippen LogP contribution in [0.3, 0.4) is 0 Å². The molecular weight excluding hydrogens is 590 g/mol. The van der Waals surface area contributed by atoms with Gasteiger partial charge in [0.1, 0.15) is 18.2 Å². The van der Waals surface area contributed by atoms with Crippen LogP contribution < -0.4 is 11.1 Å². The maximum absolute atomic E-state index is 14.9. The smallest absolute Gasteiger partial charge is 0.249 e. The average molecular weight is 637 g/mol. The molecule has 0 aliphatic heterocycles. The third-order valence-corrected chi connectivity index (χ3v) is 7.88. The summed E-state index contributed by atoms with van der Waals surface area (Å²) in [4.78, 5) is 39.8. The number of allylic oxidation sites excluding steroid dienone is 1. The zero-order valence-electron chi connectivity index (χ0n) is 27.5. The van der Waals surface area contributed by atoms with E-state index in [4.69, 9.17) is 5.73 Å². The fourth-order valence-electron chi connectivity index (χ4n) is 5.31. The van der Waals surface area contributed by atoms with Gasteiger partial charge in [-0.1, -0.05) is 77.1 Å². The van der Waals surface area contributed by atoms with Crippen molar-refractivity contribution in [3.8, 4) is 11.1 Å². The topological polar surface area (TPSA) is 118 Å². The first kappa shape index (κ1) is 36.3. The Labute approximate surface area is 270 Å². The predicted molar refractivity (Wildman–Crippen MR) is 176 cm³/mol. The van der Waals surface area contributed by atoms with E-state index < -0.39 is 53.6 Å². The van der Waals surface area contributed by atoms with Crippen LogP contribution in [0.5, 0.6) is 0 Å². The monoisotopic (exact) mass is 636 g/mol. The number of nitrogens with zero attached hydrogens (tertiary/aromatic N) is 2. The van der Waals surface area contributed by atoms with Crippen LogP contribution in [0.15, 0.2) is 72.9 Å². The first-order chi connectivity index (χ1) is 21.6. The molecule has 0 unspecified atom stereocenters. The Balaban J connectivity index is 1.96. The van der Waals surface area contributed by atoms with Crippen LogP contribution in [0.2, 0.25) is 0 Å². The van der Waals surface area contributed by atoms with E-state index in [1.165, 1.54) is 4.90 Å². The fraction of sp³-hybridized carbons (Fsp3) is 0.417. The van der Waals surface area contributed by atoms with Crippen molar-refractivity contribution >= 4 is 17.6 Å². The standard InChI is InChI=1S/C36H46F2N4O4/c1-23(2)33(39)35(46)40-24(3)31(44)14-10-11-17-42(32(45)22-43)34(36(4,5)6)30-18-26(28-19-27(37)15-16-29(28)38)21-41(30)20-25-12-8-7-9-13-25/h7-13,15-16,18-19,21,23-24,33-34,43H,14,17,20,22,39H2,1-6H3,(H,40,46)/t24-,33-,34-/m0/s1. The van der Waals surface area contributed by atoms with Crippen LogP contribution in [0.1, 0.15) is 65.3 Å². The number of halogens is 2. The van der Waals surface area contributed by atoms with Crippen molar-refractivity contribution in [3.05, 3.63) is 95.8 Å². The lowest BCUT2D eigenvalue weighted by atomic mass is 9.83. The highest BCUT2D eigenvalue weighted by Crippen LogP contribution is 2.41. The summed E-state index contributed by atoms with van der Waals surface area (Å²) >= 11 is 0. The molecule has 2 amide bonds. The van der Waals surface area contributed by atoms with Crippen LogP contribution in [0.4, 0.5) is 8.78 Å². The lowest BCUT2D eigenvalue weighted by Crippen LogP contribution is -2.49. The Morgan fingerprint density at radius 3 is 2.30 bits per heavy atom. The van der Waals surface area contributed by atoms with Gasteiger partial charge in [0.25, 0.3) is 0 Å². The molecule has 3 aromatic rings. The lowest BCUT2D eigenvalue weighted by molar-refractivity contribution is -0.138. The van der Waals surface area contributed by atoms with Crippen LogP contribution in [0, 0.1) is 23.0 Å². The highest BCUT2D eigenvalue weighted by Gasteiger charge is 2.36. The molecule has 3 rings (SSSR count). The van der Waals surface area contributed by atoms with E-state index in [1.807, 2.05) is 69.5 Å². The molecule has 2 aromatic carbocycles. The van der Waals surface area contributed by atoms with Crippen LogP contribution in [-0.4, -0.2) is 57.4 Å². The van der Waals surface area contributed by atoms with Crippen LogP contribution >= 0.6 is 0 Å². The normalized spacial score (nSPS) is 13.9. The minimum Gasteiger partial charge on any atom is -0.387 e. The number of hydrogen-bond donors (Lipinski definition) is 3. The summed E-state index contributed by atoms with van der Waals surface area (Å²) in [6.45, 7) is 10.8. The molecule has 8 nitrogen and oxygen atoms in total. The summed E-state index contributed by atoms with van der Waals surface area (Å²) in [6, 6.07) is 12.6. The van der Waals surface area contributed by atoms with Crippen LogP contribution in [0.25, 0.3) is 11.1 Å². The summed E-state index contributed by atoms with van der Waals surface area (Å²) in [7, 11) is 0. The van der Waals surface area contributed by atoms with Crippen molar-refractivity contribution in [1.82, 2.24) is 14.8 Å². The van der Waals surface area contributed by atoms with Crippen LogP contribution in [-0.2, 0) is 20.9 Å². The Morgan fingerprint density at radius 2 is 1.70 bits per heavy atom. The molecule has 3 atom stereocenters. The van der Waals surface area contributed by atoms with Gasteiger partial charge in [-0.25, -0.2) is 8.78 Å². The Kier molecular flexibility index (Phi) is 12.6. The van der Waals surface area contributed by atoms with Crippen molar-refractivity contribution < 1.29 is 28.3 Å². The molecule has 0 saturated heterocycles. The fourth-order valence-corrected chi connectivity index (χ4v) is 5.31. The number of carbonyl (C=O) groups is 3. The van der Waals surface area contributed by atoms with Crippen molar-refractivity contribution in [2.45, 2.75) is 72.6 Å². The van der Waals surface area contributed by atoms with Gasteiger partial charge in [-0.2, -0.15) is 0 Å². The molecule has 0 saturated carbocycles. The summed E-state index contributed by atoms with van der Waals surface area (Å²) < 4.78 is 31.1. The molecule has 0 aliphatic carbocycles.